The molecule has 2 rings (SSSR count). The fourth-order valence-electron chi connectivity index (χ4n) is 2.66. The van der Waals surface area contributed by atoms with Gasteiger partial charge in [-0.05, 0) is 41.6 Å². The van der Waals surface area contributed by atoms with E-state index in [1.807, 2.05) is 0 Å². The van der Waals surface area contributed by atoms with E-state index in [2.05, 4.69) is 10.6 Å². The van der Waals surface area contributed by atoms with Crippen molar-refractivity contribution in [3.63, 3.8) is 0 Å². The van der Waals surface area contributed by atoms with E-state index in [-0.39, 0.29) is 27.8 Å². The van der Waals surface area contributed by atoms with Crippen molar-refractivity contribution in [2.24, 2.45) is 0 Å². The Bertz CT molecular complexity index is 1100. The third-order valence-electron chi connectivity index (χ3n) is 3.94. The number of halogens is 3. The Morgan fingerprint density at radius 1 is 1.09 bits per heavy atom. The third kappa shape index (κ3) is 8.60. The van der Waals surface area contributed by atoms with Crippen LogP contribution in [0.25, 0.3) is 0 Å². The maximum Gasteiger partial charge on any atom is 0.446 e. The summed E-state index contributed by atoms with van der Waals surface area (Å²) in [5, 5.41) is 13.2. The number of sulfone groups is 1. The first kappa shape index (κ1) is 25.2. The molecule has 7 nitrogen and oxygen atoms in total. The SMILES string of the molecule is N#CCNC(=O)[C@H](CS(=O)(=O)Cc1cccc(SC(F)(F)F)c1)NC(=O)c1ccccc1. The zero-order chi connectivity index (χ0) is 23.8. The van der Waals surface area contributed by atoms with E-state index in [0.717, 1.165) is 6.07 Å². The first-order valence-electron chi connectivity index (χ1n) is 9.05. The van der Waals surface area contributed by atoms with Gasteiger partial charge in [-0.25, -0.2) is 8.42 Å². The molecule has 0 aliphatic heterocycles. The largest absolute Gasteiger partial charge is 0.446 e. The van der Waals surface area contributed by atoms with Gasteiger partial charge in [0.1, 0.15) is 12.6 Å². The van der Waals surface area contributed by atoms with Crippen LogP contribution in [0, 0.1) is 11.3 Å². The van der Waals surface area contributed by atoms with Crippen LogP contribution in [0.5, 0.6) is 0 Å². The van der Waals surface area contributed by atoms with Crippen LogP contribution in [0.1, 0.15) is 15.9 Å². The summed E-state index contributed by atoms with van der Waals surface area (Å²) >= 11 is -0.372. The second-order valence-electron chi connectivity index (χ2n) is 6.52. The fraction of sp³-hybridized carbons (Fsp3) is 0.250. The van der Waals surface area contributed by atoms with Crippen LogP contribution >= 0.6 is 11.8 Å². The number of carbonyl (C=O) groups excluding carboxylic acids is 2. The molecule has 2 aromatic rings. The van der Waals surface area contributed by atoms with E-state index in [1.165, 1.54) is 30.3 Å². The molecule has 2 N–H and O–H groups in total. The first-order valence-corrected chi connectivity index (χ1v) is 11.7. The second kappa shape index (κ2) is 11.0. The summed E-state index contributed by atoms with van der Waals surface area (Å²) in [4.78, 5) is 24.6. The van der Waals surface area contributed by atoms with Crippen LogP contribution in [0.2, 0.25) is 0 Å². The Hall–Kier alpha value is -3.04. The summed E-state index contributed by atoms with van der Waals surface area (Å²) in [5.41, 5.74) is -4.23. The molecule has 0 aliphatic rings. The van der Waals surface area contributed by atoms with Gasteiger partial charge in [0.05, 0.1) is 17.6 Å². The van der Waals surface area contributed by atoms with Gasteiger partial charge in [-0.2, -0.15) is 18.4 Å². The molecule has 12 heteroatoms. The van der Waals surface area contributed by atoms with Gasteiger partial charge in [-0.3, -0.25) is 9.59 Å². The summed E-state index contributed by atoms with van der Waals surface area (Å²) in [6.07, 6.45) is 0. The zero-order valence-corrected chi connectivity index (χ0v) is 18.1. The number of nitriles is 1. The number of amides is 2. The van der Waals surface area contributed by atoms with Gasteiger partial charge >= 0.3 is 5.51 Å². The molecule has 0 aliphatic carbocycles. The van der Waals surface area contributed by atoms with E-state index in [1.54, 1.807) is 24.3 Å². The minimum atomic E-state index is -4.52. The van der Waals surface area contributed by atoms with Crippen LogP contribution in [-0.2, 0) is 20.4 Å². The number of benzene rings is 2. The van der Waals surface area contributed by atoms with E-state index in [9.17, 15) is 31.2 Å². The Morgan fingerprint density at radius 3 is 2.41 bits per heavy atom. The highest BCUT2D eigenvalue weighted by molar-refractivity contribution is 8.00. The highest BCUT2D eigenvalue weighted by Gasteiger charge is 2.30. The molecule has 170 valence electrons. The molecule has 0 spiro atoms. The van der Waals surface area contributed by atoms with Gasteiger partial charge in [0.2, 0.25) is 5.91 Å². The third-order valence-corrected chi connectivity index (χ3v) is 6.27. The van der Waals surface area contributed by atoms with E-state index in [4.69, 9.17) is 5.26 Å². The van der Waals surface area contributed by atoms with Crippen molar-refractivity contribution in [3.8, 4) is 6.07 Å². The highest BCUT2D eigenvalue weighted by Crippen LogP contribution is 2.37. The van der Waals surface area contributed by atoms with Gasteiger partial charge in [0.15, 0.2) is 9.84 Å². The standard InChI is InChI=1S/C20H18F3N3O4S2/c21-20(22,23)31-16-8-4-5-14(11-16)12-32(29,30)13-17(19(28)25-10-9-24)26-18(27)15-6-2-1-3-7-15/h1-8,11,17H,10,12-13H2,(H,25,28)(H,26,27)/t17-/m0/s1. The monoisotopic (exact) mass is 485 g/mol. The molecule has 0 aromatic heterocycles. The van der Waals surface area contributed by atoms with Crippen molar-refractivity contribution >= 4 is 33.4 Å². The van der Waals surface area contributed by atoms with Crippen LogP contribution in [0.4, 0.5) is 13.2 Å². The predicted octanol–water partition coefficient (Wildman–Crippen LogP) is 2.65. The van der Waals surface area contributed by atoms with Crippen LogP contribution in [-0.4, -0.2) is 44.1 Å². The van der Waals surface area contributed by atoms with Crippen LogP contribution in [0.3, 0.4) is 0 Å². The molecule has 0 radical (unpaired) electrons. The molecule has 0 heterocycles. The molecule has 0 saturated carbocycles. The van der Waals surface area contributed by atoms with Crippen molar-refractivity contribution in [1.29, 1.82) is 5.26 Å². The Kier molecular flexibility index (Phi) is 8.68. The van der Waals surface area contributed by atoms with Gasteiger partial charge in [-0.1, -0.05) is 30.3 Å². The molecule has 1 atom stereocenters. The summed E-state index contributed by atoms with van der Waals surface area (Å²) in [5.74, 6) is -3.01. The summed E-state index contributed by atoms with van der Waals surface area (Å²) in [7, 11) is -4.04. The van der Waals surface area contributed by atoms with Crippen molar-refractivity contribution in [2.45, 2.75) is 22.2 Å². The lowest BCUT2D eigenvalue weighted by Crippen LogP contribution is -2.50. The quantitative estimate of drug-likeness (QED) is 0.417. The second-order valence-corrected chi connectivity index (χ2v) is 9.77. The fourth-order valence-corrected chi connectivity index (χ4v) is 4.84. The first-order chi connectivity index (χ1) is 15.0. The number of alkyl halides is 3. The number of hydrogen-bond acceptors (Lipinski definition) is 6. The lowest BCUT2D eigenvalue weighted by Gasteiger charge is -2.18. The Balaban J connectivity index is 2.18. The minimum Gasteiger partial charge on any atom is -0.341 e. The predicted molar refractivity (Wildman–Crippen MR) is 112 cm³/mol. The molecular weight excluding hydrogens is 467 g/mol. The molecule has 0 fully saturated rings. The average molecular weight is 486 g/mol. The number of thioether (sulfide) groups is 1. The maximum absolute atomic E-state index is 12.7. The smallest absolute Gasteiger partial charge is 0.341 e. The van der Waals surface area contributed by atoms with E-state index < -0.39 is 51.3 Å². The van der Waals surface area contributed by atoms with E-state index in [0.29, 0.717) is 0 Å². The lowest BCUT2D eigenvalue weighted by atomic mass is 10.2. The topological polar surface area (TPSA) is 116 Å². The van der Waals surface area contributed by atoms with Gasteiger partial charge in [0.25, 0.3) is 5.91 Å². The molecule has 2 amide bonds. The van der Waals surface area contributed by atoms with Crippen molar-refractivity contribution in [3.05, 3.63) is 65.7 Å². The molecule has 0 saturated heterocycles. The van der Waals surface area contributed by atoms with Gasteiger partial charge in [-0.15, -0.1) is 0 Å². The number of nitrogens with zero attached hydrogens (tertiary/aromatic N) is 1. The summed E-state index contributed by atoms with van der Waals surface area (Å²) in [6.45, 7) is -0.396. The molecule has 0 unspecified atom stereocenters. The van der Waals surface area contributed by atoms with E-state index >= 15 is 0 Å². The number of rotatable bonds is 9. The Morgan fingerprint density at radius 2 is 1.78 bits per heavy atom. The van der Waals surface area contributed by atoms with Crippen molar-refractivity contribution in [2.75, 3.05) is 12.3 Å². The molecular formula is C20H18F3N3O4S2. The van der Waals surface area contributed by atoms with Gasteiger partial charge < -0.3 is 10.6 Å². The van der Waals surface area contributed by atoms with Crippen molar-refractivity contribution in [1.82, 2.24) is 10.6 Å². The summed E-state index contributed by atoms with van der Waals surface area (Å²) < 4.78 is 63.1. The van der Waals surface area contributed by atoms with Crippen LogP contribution < -0.4 is 10.6 Å². The Labute approximate surface area is 186 Å². The normalized spacial score (nSPS) is 12.4. The maximum atomic E-state index is 12.7. The number of hydrogen-bond donors (Lipinski definition) is 2. The highest BCUT2D eigenvalue weighted by atomic mass is 32.2. The molecule has 32 heavy (non-hydrogen) atoms. The molecule has 2 aromatic carbocycles. The lowest BCUT2D eigenvalue weighted by molar-refractivity contribution is -0.122. The minimum absolute atomic E-state index is 0.102. The number of nitrogens with one attached hydrogen (secondary N) is 2. The zero-order valence-electron chi connectivity index (χ0n) is 16.4. The average Bonchev–Trinajstić information content (AvgIpc) is 2.70. The van der Waals surface area contributed by atoms with Crippen LogP contribution in [0.15, 0.2) is 59.5 Å². The van der Waals surface area contributed by atoms with Crippen molar-refractivity contribution < 1.29 is 31.2 Å². The molecule has 0 bridgehead atoms. The summed E-state index contributed by atoms with van der Waals surface area (Å²) in [6, 6.07) is 12.9. The number of carbonyl (C=O) groups is 2. The van der Waals surface area contributed by atoms with Gasteiger partial charge in [0, 0.05) is 10.5 Å².